The van der Waals surface area contributed by atoms with Crippen molar-refractivity contribution in [1.29, 1.82) is 0 Å². The van der Waals surface area contributed by atoms with Gasteiger partial charge in [-0.05, 0) is 25.2 Å². The molecule has 0 amide bonds. The van der Waals surface area contributed by atoms with Gasteiger partial charge >= 0.3 is 0 Å². The van der Waals surface area contributed by atoms with Crippen molar-refractivity contribution in [3.05, 3.63) is 72.8 Å². The van der Waals surface area contributed by atoms with E-state index in [1.54, 1.807) is 0 Å². The lowest BCUT2D eigenvalue weighted by Gasteiger charge is -2.23. The van der Waals surface area contributed by atoms with Gasteiger partial charge in [-0.1, -0.05) is 72.8 Å². The van der Waals surface area contributed by atoms with Crippen LogP contribution < -0.4 is 10.6 Å². The largest absolute Gasteiger partial charge is 0.349 e. The van der Waals surface area contributed by atoms with E-state index in [1.165, 1.54) is 23.5 Å². The summed E-state index contributed by atoms with van der Waals surface area (Å²) in [5, 5.41) is 2.59. The predicted molar refractivity (Wildman–Crippen MR) is 91.5 cm³/mol. The summed E-state index contributed by atoms with van der Waals surface area (Å²) >= 11 is 0. The molecule has 1 aliphatic carbocycles. The van der Waals surface area contributed by atoms with Crippen molar-refractivity contribution < 1.29 is 4.52 Å². The first kappa shape index (κ1) is 14.5. The molecule has 0 aliphatic heterocycles. The van der Waals surface area contributed by atoms with Gasteiger partial charge in [0.05, 0.1) is 14.8 Å². The molecule has 1 atom stereocenters. The molecule has 2 heteroatoms. The van der Waals surface area contributed by atoms with E-state index in [-0.39, 0.29) is 0 Å². The molecule has 0 aromatic heterocycles. The van der Waals surface area contributed by atoms with Gasteiger partial charge in [-0.25, -0.2) is 0 Å². The third kappa shape index (κ3) is 4.03. The number of rotatable bonds is 5. The third-order valence-corrected chi connectivity index (χ3v) is 5.74. The first-order valence-corrected chi connectivity index (χ1v) is 8.87. The number of benzene rings is 2. The third-order valence-electron chi connectivity index (χ3n) is 3.80. The van der Waals surface area contributed by atoms with Crippen molar-refractivity contribution >= 4 is 18.8 Å². The van der Waals surface area contributed by atoms with Crippen LogP contribution in [0.15, 0.2) is 72.8 Å². The normalized spacial score (nSPS) is 18.0. The Morgan fingerprint density at radius 3 is 2.00 bits per heavy atom. The van der Waals surface area contributed by atoms with Crippen LogP contribution in [0.4, 0.5) is 0 Å². The summed E-state index contributed by atoms with van der Waals surface area (Å²) in [7, 11) is -0.700. The monoisotopic (exact) mass is 296 g/mol. The van der Waals surface area contributed by atoms with Crippen LogP contribution in [0.1, 0.15) is 19.3 Å². The van der Waals surface area contributed by atoms with Crippen LogP contribution in [0.3, 0.4) is 0 Å². The fraction of sp³-hybridized carbons (Fsp3) is 0.263. The molecule has 0 saturated carbocycles. The first-order valence-electron chi connectivity index (χ1n) is 7.61. The molecule has 1 nitrogen and oxygen atoms in total. The summed E-state index contributed by atoms with van der Waals surface area (Å²) in [5.74, 6) is 0.674. The molecule has 3 rings (SSSR count). The van der Waals surface area contributed by atoms with Crippen LogP contribution in [0.25, 0.3) is 0 Å². The summed E-state index contributed by atoms with van der Waals surface area (Å²) in [6, 6.07) is 21.2. The second-order valence-corrected chi connectivity index (χ2v) is 7.29. The maximum absolute atomic E-state index is 6.38. The molecule has 0 heterocycles. The highest BCUT2D eigenvalue weighted by Crippen LogP contribution is 2.36. The average Bonchev–Trinajstić information content (AvgIpc) is 2.58. The molecule has 0 saturated heterocycles. The van der Waals surface area contributed by atoms with E-state index in [1.807, 2.05) is 0 Å². The summed E-state index contributed by atoms with van der Waals surface area (Å²) in [6.45, 7) is 0.861. The lowest BCUT2D eigenvalue weighted by molar-refractivity contribution is 0.265. The molecule has 2 aromatic carbocycles. The topological polar surface area (TPSA) is 9.23 Å². The minimum absolute atomic E-state index is 0.674. The van der Waals surface area contributed by atoms with Crippen LogP contribution >= 0.6 is 8.15 Å². The van der Waals surface area contributed by atoms with Gasteiger partial charge in [-0.2, -0.15) is 0 Å². The quantitative estimate of drug-likeness (QED) is 0.586. The smallest absolute Gasteiger partial charge is 0.0917 e. The Kier molecular flexibility index (Phi) is 5.21. The lowest BCUT2D eigenvalue weighted by Crippen LogP contribution is -2.17. The second kappa shape index (κ2) is 7.54. The highest BCUT2D eigenvalue weighted by atomic mass is 31.1. The molecule has 21 heavy (non-hydrogen) atoms. The predicted octanol–water partition coefficient (Wildman–Crippen LogP) is 4.41. The zero-order valence-electron chi connectivity index (χ0n) is 12.2. The Balaban J connectivity index is 1.75. The van der Waals surface area contributed by atoms with Crippen molar-refractivity contribution in [2.24, 2.45) is 5.92 Å². The summed E-state index contributed by atoms with van der Waals surface area (Å²) < 4.78 is 6.38. The summed E-state index contributed by atoms with van der Waals surface area (Å²) in [4.78, 5) is 0. The van der Waals surface area contributed by atoms with Gasteiger partial charge in [0.25, 0.3) is 0 Å². The van der Waals surface area contributed by atoms with Gasteiger partial charge in [-0.3, -0.25) is 0 Å². The Morgan fingerprint density at radius 1 is 0.857 bits per heavy atom. The minimum Gasteiger partial charge on any atom is -0.349 e. The van der Waals surface area contributed by atoms with Crippen molar-refractivity contribution in [2.45, 2.75) is 19.3 Å². The van der Waals surface area contributed by atoms with E-state index in [2.05, 4.69) is 72.8 Å². The van der Waals surface area contributed by atoms with Crippen LogP contribution in [0, 0.1) is 5.92 Å². The zero-order chi connectivity index (χ0) is 14.3. The van der Waals surface area contributed by atoms with Crippen molar-refractivity contribution in [3.8, 4) is 0 Å². The molecule has 0 radical (unpaired) electrons. The number of hydrogen-bond acceptors (Lipinski definition) is 1. The number of hydrogen-bond donors (Lipinski definition) is 0. The molecule has 108 valence electrons. The minimum atomic E-state index is -0.700. The Labute approximate surface area is 128 Å². The molecule has 0 bridgehead atoms. The van der Waals surface area contributed by atoms with Gasteiger partial charge < -0.3 is 4.52 Å². The van der Waals surface area contributed by atoms with E-state index in [9.17, 15) is 0 Å². The first-order chi connectivity index (χ1) is 10.4. The second-order valence-electron chi connectivity index (χ2n) is 5.41. The van der Waals surface area contributed by atoms with Crippen molar-refractivity contribution in [1.82, 2.24) is 0 Å². The van der Waals surface area contributed by atoms with Crippen LogP contribution in [0.5, 0.6) is 0 Å². The van der Waals surface area contributed by atoms with Gasteiger partial charge in [0, 0.05) is 10.6 Å². The number of allylic oxidation sites excluding steroid dienone is 2. The zero-order valence-corrected chi connectivity index (χ0v) is 13.1. The van der Waals surface area contributed by atoms with Gasteiger partial charge in [0.2, 0.25) is 0 Å². The molecule has 0 N–H and O–H groups in total. The standard InChI is InChI=1S/C19H21OP/c1-4-10-17(11-5-1)16-20-21(18-12-6-2-7-13-18)19-14-8-3-9-15-19/h1-4,6-9,12-15,17H,5,10-11,16H2. The van der Waals surface area contributed by atoms with Crippen LogP contribution in [-0.4, -0.2) is 6.61 Å². The van der Waals surface area contributed by atoms with Crippen molar-refractivity contribution in [3.63, 3.8) is 0 Å². The summed E-state index contributed by atoms with van der Waals surface area (Å²) in [5.41, 5.74) is 0. The van der Waals surface area contributed by atoms with E-state index in [0.29, 0.717) is 5.92 Å². The molecule has 0 spiro atoms. The molecule has 2 aromatic rings. The highest BCUT2D eigenvalue weighted by molar-refractivity contribution is 7.68. The maximum atomic E-state index is 6.38. The molecular formula is C19H21OP. The Hall–Kier alpha value is -1.43. The van der Waals surface area contributed by atoms with E-state index < -0.39 is 8.15 Å². The summed E-state index contributed by atoms with van der Waals surface area (Å²) in [6.07, 6.45) is 8.19. The van der Waals surface area contributed by atoms with E-state index >= 15 is 0 Å². The van der Waals surface area contributed by atoms with Gasteiger partial charge in [0.15, 0.2) is 0 Å². The van der Waals surface area contributed by atoms with Crippen molar-refractivity contribution in [2.75, 3.05) is 6.61 Å². The SMILES string of the molecule is C1=CCC(COP(c2ccccc2)c2ccccc2)CC1. The molecular weight excluding hydrogens is 275 g/mol. The highest BCUT2D eigenvalue weighted by Gasteiger charge is 2.18. The molecule has 1 unspecified atom stereocenters. The van der Waals surface area contributed by atoms with E-state index in [4.69, 9.17) is 4.52 Å². The van der Waals surface area contributed by atoms with E-state index in [0.717, 1.165) is 13.0 Å². The van der Waals surface area contributed by atoms with Gasteiger partial charge in [0.1, 0.15) is 0 Å². The Morgan fingerprint density at radius 2 is 1.48 bits per heavy atom. The molecule has 0 fully saturated rings. The Bertz CT molecular complexity index is 525. The fourth-order valence-corrected chi connectivity index (χ4v) is 4.45. The van der Waals surface area contributed by atoms with Crippen LogP contribution in [0.2, 0.25) is 0 Å². The molecule has 1 aliphatic rings. The maximum Gasteiger partial charge on any atom is 0.0917 e. The lowest BCUT2D eigenvalue weighted by atomic mass is 9.96. The average molecular weight is 296 g/mol. The van der Waals surface area contributed by atoms with Crippen LogP contribution in [-0.2, 0) is 4.52 Å². The van der Waals surface area contributed by atoms with Gasteiger partial charge in [-0.15, -0.1) is 0 Å². The fourth-order valence-electron chi connectivity index (χ4n) is 2.61.